The smallest absolute Gasteiger partial charge is 0.168 e. The fourth-order valence-corrected chi connectivity index (χ4v) is 5.56. The summed E-state index contributed by atoms with van der Waals surface area (Å²) in [7, 11) is 0. The number of nitrogens with zero attached hydrogens (tertiary/aromatic N) is 2. The van der Waals surface area contributed by atoms with Gasteiger partial charge >= 0.3 is 0 Å². The van der Waals surface area contributed by atoms with Crippen LogP contribution in [0.4, 0.5) is 0 Å². The molecule has 21 heavy (non-hydrogen) atoms. The molecule has 3 heterocycles. The molecule has 0 fully saturated rings. The van der Waals surface area contributed by atoms with Gasteiger partial charge in [0.2, 0.25) is 0 Å². The van der Waals surface area contributed by atoms with Gasteiger partial charge in [0.15, 0.2) is 5.17 Å². The van der Waals surface area contributed by atoms with Crippen LogP contribution in [0.5, 0.6) is 0 Å². The molecule has 2 nitrogen and oxygen atoms in total. The average Bonchev–Trinajstić information content (AvgIpc) is 3.19. The number of benzene rings is 1. The number of aliphatic imine (C=N–C) groups is 1. The van der Waals surface area contributed by atoms with Gasteiger partial charge in [0.05, 0.1) is 12.2 Å². The highest BCUT2D eigenvalue weighted by Gasteiger charge is 2.32. The van der Waals surface area contributed by atoms with Crippen LogP contribution in [0.1, 0.15) is 5.56 Å². The van der Waals surface area contributed by atoms with E-state index in [2.05, 4.69) is 46.3 Å². The van der Waals surface area contributed by atoms with Crippen LogP contribution in [0.15, 0.2) is 51.0 Å². The van der Waals surface area contributed by atoms with E-state index in [4.69, 9.17) is 0 Å². The first-order valence-corrected chi connectivity index (χ1v) is 9.66. The fourth-order valence-electron chi connectivity index (χ4n) is 2.78. The zero-order chi connectivity index (χ0) is 14.4. The molecule has 0 radical (unpaired) electrons. The van der Waals surface area contributed by atoms with E-state index in [1.165, 1.54) is 31.1 Å². The first kappa shape index (κ1) is 13.5. The lowest BCUT2D eigenvalue weighted by Gasteiger charge is -2.18. The van der Waals surface area contributed by atoms with Crippen LogP contribution in [0, 0.1) is 0 Å². The second-order valence-electron chi connectivity index (χ2n) is 4.85. The van der Waals surface area contributed by atoms with E-state index < -0.39 is 0 Å². The Labute approximate surface area is 136 Å². The summed E-state index contributed by atoms with van der Waals surface area (Å²) in [5.41, 5.74) is 2.55. The molecule has 0 bridgehead atoms. The maximum atomic E-state index is 4.58. The third-order valence-corrected chi connectivity index (χ3v) is 6.67. The van der Waals surface area contributed by atoms with Gasteiger partial charge in [-0.1, -0.05) is 12.7 Å². The van der Waals surface area contributed by atoms with Gasteiger partial charge < -0.3 is 4.90 Å². The summed E-state index contributed by atoms with van der Waals surface area (Å²) in [5, 5.41) is 4.62. The number of fused-ring (bicyclic) bond motifs is 2. The number of amidine groups is 1. The molecular weight excluding hydrogens is 316 g/mol. The summed E-state index contributed by atoms with van der Waals surface area (Å²) < 4.78 is 1.38. The predicted octanol–water partition coefficient (Wildman–Crippen LogP) is 4.90. The Balaban J connectivity index is 1.92. The van der Waals surface area contributed by atoms with Crippen molar-refractivity contribution in [1.29, 1.82) is 0 Å². The van der Waals surface area contributed by atoms with Crippen molar-refractivity contribution in [3.05, 3.63) is 46.7 Å². The highest BCUT2D eigenvalue weighted by Crippen LogP contribution is 2.44. The second-order valence-corrected chi connectivity index (χ2v) is 7.63. The van der Waals surface area contributed by atoms with E-state index in [-0.39, 0.29) is 0 Å². The van der Waals surface area contributed by atoms with Gasteiger partial charge in [-0.05, 0) is 47.0 Å². The lowest BCUT2D eigenvalue weighted by Crippen LogP contribution is -2.20. The largest absolute Gasteiger partial charge is 0.317 e. The maximum absolute atomic E-state index is 4.58. The zero-order valence-electron chi connectivity index (χ0n) is 11.6. The molecule has 2 aromatic rings. The Kier molecular flexibility index (Phi) is 3.36. The van der Waals surface area contributed by atoms with Crippen molar-refractivity contribution in [2.45, 2.75) is 4.90 Å². The standard InChI is InChI=1S/C16H14N2S3/c1-3-12-14(18-6-5-17-16(18)21-12)11-8-10-4-7-20-15(10)13(9-11)19-2/h3-4,7-9H,1,5-6H2,2H3. The third kappa shape index (κ3) is 2.06. The van der Waals surface area contributed by atoms with Crippen molar-refractivity contribution in [3.63, 3.8) is 0 Å². The molecule has 0 spiro atoms. The number of thiophene rings is 1. The second kappa shape index (κ2) is 5.23. The monoisotopic (exact) mass is 330 g/mol. The van der Waals surface area contributed by atoms with E-state index in [1.807, 2.05) is 29.2 Å². The molecular formula is C16H14N2S3. The molecule has 0 unspecified atom stereocenters. The molecule has 2 aliphatic heterocycles. The lowest BCUT2D eigenvalue weighted by molar-refractivity contribution is 0.648. The summed E-state index contributed by atoms with van der Waals surface area (Å²) in [6.45, 7) is 5.85. The van der Waals surface area contributed by atoms with Gasteiger partial charge in [0.25, 0.3) is 0 Å². The molecule has 0 atom stereocenters. The minimum absolute atomic E-state index is 0.895. The van der Waals surface area contributed by atoms with Gasteiger partial charge in [-0.15, -0.1) is 23.1 Å². The van der Waals surface area contributed by atoms with Crippen LogP contribution in [0.25, 0.3) is 15.8 Å². The average molecular weight is 331 g/mol. The molecule has 0 N–H and O–H groups in total. The van der Waals surface area contributed by atoms with Crippen molar-refractivity contribution in [1.82, 2.24) is 4.90 Å². The predicted molar refractivity (Wildman–Crippen MR) is 97.3 cm³/mol. The summed E-state index contributed by atoms with van der Waals surface area (Å²) in [6, 6.07) is 6.81. The minimum Gasteiger partial charge on any atom is -0.317 e. The van der Waals surface area contributed by atoms with Crippen molar-refractivity contribution >= 4 is 55.8 Å². The molecule has 0 saturated carbocycles. The lowest BCUT2D eigenvalue weighted by atomic mass is 10.1. The van der Waals surface area contributed by atoms with Gasteiger partial charge in [0, 0.05) is 26.6 Å². The Morgan fingerprint density at radius 1 is 1.43 bits per heavy atom. The van der Waals surface area contributed by atoms with Crippen LogP contribution < -0.4 is 0 Å². The zero-order valence-corrected chi connectivity index (χ0v) is 14.1. The number of allylic oxidation sites excluding steroid dienone is 1. The number of hydrogen-bond donors (Lipinski definition) is 0. The maximum Gasteiger partial charge on any atom is 0.168 e. The van der Waals surface area contributed by atoms with Gasteiger partial charge in [-0.2, -0.15) is 0 Å². The van der Waals surface area contributed by atoms with Crippen molar-refractivity contribution < 1.29 is 0 Å². The summed E-state index contributed by atoms with van der Waals surface area (Å²) in [5.74, 6) is 0. The Hall–Kier alpha value is -1.17. The SMILES string of the molecule is C=CC1=C(c2cc(SC)c3sccc3c2)N2CCN=C2S1. The molecule has 106 valence electrons. The fraction of sp³-hybridized carbons (Fsp3) is 0.188. The van der Waals surface area contributed by atoms with Gasteiger partial charge in [0.1, 0.15) is 0 Å². The number of thioether (sulfide) groups is 2. The van der Waals surface area contributed by atoms with Crippen LogP contribution in [-0.4, -0.2) is 29.4 Å². The van der Waals surface area contributed by atoms with Crippen LogP contribution >= 0.6 is 34.9 Å². The van der Waals surface area contributed by atoms with Crippen LogP contribution in [0.3, 0.4) is 0 Å². The van der Waals surface area contributed by atoms with Crippen molar-refractivity contribution in [3.8, 4) is 0 Å². The van der Waals surface area contributed by atoms with Crippen LogP contribution in [-0.2, 0) is 0 Å². The topological polar surface area (TPSA) is 15.6 Å². The van der Waals surface area contributed by atoms with Crippen molar-refractivity contribution in [2.75, 3.05) is 19.3 Å². The molecule has 0 aliphatic carbocycles. The normalized spacial score (nSPS) is 17.6. The van der Waals surface area contributed by atoms with Gasteiger partial charge in [-0.3, -0.25) is 4.99 Å². The molecule has 1 aromatic carbocycles. The first-order valence-electron chi connectivity index (χ1n) is 6.74. The van der Waals surface area contributed by atoms with Crippen molar-refractivity contribution in [2.24, 2.45) is 4.99 Å². The van der Waals surface area contributed by atoms with E-state index in [0.29, 0.717) is 0 Å². The number of hydrogen-bond acceptors (Lipinski definition) is 5. The Morgan fingerprint density at radius 2 is 2.33 bits per heavy atom. The Morgan fingerprint density at radius 3 is 3.14 bits per heavy atom. The summed E-state index contributed by atoms with van der Waals surface area (Å²) >= 11 is 5.37. The molecule has 0 saturated heterocycles. The number of rotatable bonds is 3. The van der Waals surface area contributed by atoms with E-state index in [9.17, 15) is 0 Å². The summed E-state index contributed by atoms with van der Waals surface area (Å²) in [4.78, 5) is 9.48. The van der Waals surface area contributed by atoms with Crippen LogP contribution in [0.2, 0.25) is 0 Å². The quantitative estimate of drug-likeness (QED) is 0.745. The molecule has 2 aliphatic rings. The van der Waals surface area contributed by atoms with E-state index in [1.54, 1.807) is 11.8 Å². The van der Waals surface area contributed by atoms with Gasteiger partial charge in [-0.25, -0.2) is 0 Å². The Bertz CT molecular complexity index is 801. The molecule has 1 aromatic heterocycles. The molecule has 0 amide bonds. The highest BCUT2D eigenvalue weighted by atomic mass is 32.2. The minimum atomic E-state index is 0.895. The van der Waals surface area contributed by atoms with E-state index in [0.717, 1.165) is 18.3 Å². The first-order chi connectivity index (χ1) is 10.3. The van der Waals surface area contributed by atoms with E-state index >= 15 is 0 Å². The molecule has 5 heteroatoms. The third-order valence-electron chi connectivity index (χ3n) is 3.70. The highest BCUT2D eigenvalue weighted by molar-refractivity contribution is 8.17. The molecule has 4 rings (SSSR count). The summed E-state index contributed by atoms with van der Waals surface area (Å²) in [6.07, 6.45) is 4.10.